The predicted molar refractivity (Wildman–Crippen MR) is 87.8 cm³/mol. The standard InChI is InChI=1S/C16H17BrN2O/c1-19(2)15-8-6-14(7-9-15)18-16(20)13-5-3-4-12(10-13)11-17/h3-10H,11H2,1-2H3,(H,18,20). The molecule has 0 aliphatic rings. The van der Waals surface area contributed by atoms with E-state index in [4.69, 9.17) is 0 Å². The highest BCUT2D eigenvalue weighted by Gasteiger charge is 2.06. The molecular formula is C16H17BrN2O. The van der Waals surface area contributed by atoms with Crippen molar-refractivity contribution in [3.8, 4) is 0 Å². The van der Waals surface area contributed by atoms with Crippen LogP contribution in [0.25, 0.3) is 0 Å². The number of nitrogens with one attached hydrogen (secondary N) is 1. The van der Waals surface area contributed by atoms with Gasteiger partial charge in [0.05, 0.1) is 0 Å². The number of rotatable bonds is 4. The molecule has 104 valence electrons. The van der Waals surface area contributed by atoms with Gasteiger partial charge in [-0.15, -0.1) is 0 Å². The van der Waals surface area contributed by atoms with Crippen molar-refractivity contribution in [1.29, 1.82) is 0 Å². The average Bonchev–Trinajstić information content (AvgIpc) is 2.47. The number of nitrogens with zero attached hydrogens (tertiary/aromatic N) is 1. The summed E-state index contributed by atoms with van der Waals surface area (Å²) in [5.41, 5.74) is 3.65. The summed E-state index contributed by atoms with van der Waals surface area (Å²) < 4.78 is 0. The molecule has 3 nitrogen and oxygen atoms in total. The molecule has 20 heavy (non-hydrogen) atoms. The van der Waals surface area contributed by atoms with Crippen molar-refractivity contribution in [2.45, 2.75) is 5.33 Å². The number of hydrogen-bond acceptors (Lipinski definition) is 2. The Morgan fingerprint density at radius 1 is 1.15 bits per heavy atom. The zero-order chi connectivity index (χ0) is 14.5. The van der Waals surface area contributed by atoms with E-state index in [1.807, 2.05) is 67.5 Å². The van der Waals surface area contributed by atoms with Crippen LogP contribution >= 0.6 is 15.9 Å². The molecule has 0 aromatic heterocycles. The van der Waals surface area contributed by atoms with Crippen LogP contribution in [0, 0.1) is 0 Å². The lowest BCUT2D eigenvalue weighted by Crippen LogP contribution is -2.12. The smallest absolute Gasteiger partial charge is 0.255 e. The number of alkyl halides is 1. The zero-order valence-electron chi connectivity index (χ0n) is 11.6. The highest BCUT2D eigenvalue weighted by molar-refractivity contribution is 9.08. The summed E-state index contributed by atoms with van der Waals surface area (Å²) in [7, 11) is 3.97. The number of amides is 1. The molecule has 4 heteroatoms. The van der Waals surface area contributed by atoms with Gasteiger partial charge >= 0.3 is 0 Å². The summed E-state index contributed by atoms with van der Waals surface area (Å²) in [6, 6.07) is 15.3. The molecular weight excluding hydrogens is 316 g/mol. The molecule has 0 spiro atoms. The average molecular weight is 333 g/mol. The fourth-order valence-corrected chi connectivity index (χ4v) is 2.19. The maximum atomic E-state index is 12.2. The van der Waals surface area contributed by atoms with Gasteiger partial charge in [0, 0.05) is 36.4 Å². The predicted octanol–water partition coefficient (Wildman–Crippen LogP) is 3.90. The fourth-order valence-electron chi connectivity index (χ4n) is 1.84. The van der Waals surface area contributed by atoms with E-state index in [1.54, 1.807) is 0 Å². The lowest BCUT2D eigenvalue weighted by molar-refractivity contribution is 0.102. The highest BCUT2D eigenvalue weighted by atomic mass is 79.9. The molecule has 0 radical (unpaired) electrons. The summed E-state index contributed by atoms with van der Waals surface area (Å²) in [4.78, 5) is 14.2. The molecule has 2 aromatic rings. The third-order valence-corrected chi connectivity index (χ3v) is 3.63. The van der Waals surface area contributed by atoms with Crippen molar-refractivity contribution < 1.29 is 4.79 Å². The number of benzene rings is 2. The van der Waals surface area contributed by atoms with Gasteiger partial charge in [0.25, 0.3) is 5.91 Å². The molecule has 0 atom stereocenters. The van der Waals surface area contributed by atoms with Gasteiger partial charge in [-0.1, -0.05) is 28.1 Å². The summed E-state index contributed by atoms with van der Waals surface area (Å²) in [5, 5.41) is 3.64. The minimum Gasteiger partial charge on any atom is -0.378 e. The fraction of sp³-hybridized carbons (Fsp3) is 0.188. The minimum atomic E-state index is -0.0922. The SMILES string of the molecule is CN(C)c1ccc(NC(=O)c2cccc(CBr)c2)cc1. The van der Waals surface area contributed by atoms with E-state index in [2.05, 4.69) is 21.2 Å². The van der Waals surface area contributed by atoms with E-state index in [0.29, 0.717) is 5.56 Å². The molecule has 0 saturated heterocycles. The zero-order valence-corrected chi connectivity index (χ0v) is 13.1. The number of anilines is 2. The molecule has 2 rings (SSSR count). The first kappa shape index (κ1) is 14.6. The lowest BCUT2D eigenvalue weighted by Gasteiger charge is -2.13. The molecule has 1 N–H and O–H groups in total. The first-order chi connectivity index (χ1) is 9.60. The normalized spacial score (nSPS) is 10.2. The molecule has 0 saturated carbocycles. The van der Waals surface area contributed by atoms with Crippen LogP contribution in [0.2, 0.25) is 0 Å². The Balaban J connectivity index is 2.10. The quantitative estimate of drug-likeness (QED) is 0.861. The third-order valence-electron chi connectivity index (χ3n) is 2.99. The largest absolute Gasteiger partial charge is 0.378 e. The van der Waals surface area contributed by atoms with Crippen molar-refractivity contribution in [3.05, 3.63) is 59.7 Å². The van der Waals surface area contributed by atoms with Gasteiger partial charge in [0.2, 0.25) is 0 Å². The van der Waals surface area contributed by atoms with Gasteiger partial charge < -0.3 is 10.2 Å². The van der Waals surface area contributed by atoms with Gasteiger partial charge in [0.15, 0.2) is 0 Å². The van der Waals surface area contributed by atoms with Gasteiger partial charge in [-0.2, -0.15) is 0 Å². The first-order valence-electron chi connectivity index (χ1n) is 6.34. The Bertz CT molecular complexity index is 594. The Morgan fingerprint density at radius 3 is 2.45 bits per heavy atom. The third kappa shape index (κ3) is 3.61. The van der Waals surface area contributed by atoms with Crippen LogP contribution in [0.3, 0.4) is 0 Å². The minimum absolute atomic E-state index is 0.0922. The molecule has 2 aromatic carbocycles. The Labute approximate surface area is 127 Å². The second-order valence-electron chi connectivity index (χ2n) is 4.73. The van der Waals surface area contributed by atoms with Crippen molar-refractivity contribution in [2.24, 2.45) is 0 Å². The van der Waals surface area contributed by atoms with Crippen LogP contribution in [0.4, 0.5) is 11.4 Å². The van der Waals surface area contributed by atoms with Crippen LogP contribution in [-0.2, 0) is 5.33 Å². The summed E-state index contributed by atoms with van der Waals surface area (Å²) >= 11 is 3.39. The van der Waals surface area contributed by atoms with Gasteiger partial charge in [0.1, 0.15) is 0 Å². The van der Waals surface area contributed by atoms with Gasteiger partial charge in [-0.3, -0.25) is 4.79 Å². The first-order valence-corrected chi connectivity index (χ1v) is 7.46. The molecule has 0 fully saturated rings. The van der Waals surface area contributed by atoms with E-state index in [-0.39, 0.29) is 5.91 Å². The van der Waals surface area contributed by atoms with E-state index in [1.165, 1.54) is 0 Å². The van der Waals surface area contributed by atoms with E-state index < -0.39 is 0 Å². The van der Waals surface area contributed by atoms with Crippen LogP contribution in [0.15, 0.2) is 48.5 Å². The van der Waals surface area contributed by atoms with E-state index in [9.17, 15) is 4.79 Å². The van der Waals surface area contributed by atoms with Crippen molar-refractivity contribution in [2.75, 3.05) is 24.3 Å². The maximum Gasteiger partial charge on any atom is 0.255 e. The molecule has 0 unspecified atom stereocenters. The van der Waals surface area contributed by atoms with E-state index >= 15 is 0 Å². The summed E-state index contributed by atoms with van der Waals surface area (Å²) in [5.74, 6) is -0.0922. The highest BCUT2D eigenvalue weighted by Crippen LogP contribution is 2.17. The van der Waals surface area contributed by atoms with Crippen LogP contribution in [-0.4, -0.2) is 20.0 Å². The Hall–Kier alpha value is -1.81. The topological polar surface area (TPSA) is 32.3 Å². The number of hydrogen-bond donors (Lipinski definition) is 1. The Kier molecular flexibility index (Phi) is 4.79. The summed E-state index contributed by atoms with van der Waals surface area (Å²) in [6.07, 6.45) is 0. The number of halogens is 1. The van der Waals surface area contributed by atoms with Crippen molar-refractivity contribution in [3.63, 3.8) is 0 Å². The summed E-state index contributed by atoms with van der Waals surface area (Å²) in [6.45, 7) is 0. The van der Waals surface area contributed by atoms with Gasteiger partial charge in [-0.25, -0.2) is 0 Å². The maximum absolute atomic E-state index is 12.2. The monoisotopic (exact) mass is 332 g/mol. The van der Waals surface area contributed by atoms with Crippen LogP contribution in [0.5, 0.6) is 0 Å². The van der Waals surface area contributed by atoms with Crippen molar-refractivity contribution >= 4 is 33.2 Å². The van der Waals surface area contributed by atoms with Gasteiger partial charge in [-0.05, 0) is 42.0 Å². The molecule has 0 bridgehead atoms. The molecule has 0 heterocycles. The Morgan fingerprint density at radius 2 is 1.85 bits per heavy atom. The number of carbonyl (C=O) groups is 1. The lowest BCUT2D eigenvalue weighted by atomic mass is 10.1. The molecule has 1 amide bonds. The van der Waals surface area contributed by atoms with E-state index in [0.717, 1.165) is 22.3 Å². The second kappa shape index (κ2) is 6.57. The molecule has 0 aliphatic heterocycles. The number of carbonyl (C=O) groups excluding carboxylic acids is 1. The van der Waals surface area contributed by atoms with Crippen LogP contribution < -0.4 is 10.2 Å². The second-order valence-corrected chi connectivity index (χ2v) is 5.29. The van der Waals surface area contributed by atoms with Crippen LogP contribution in [0.1, 0.15) is 15.9 Å². The molecule has 0 aliphatic carbocycles. The van der Waals surface area contributed by atoms with Crippen molar-refractivity contribution in [1.82, 2.24) is 0 Å².